The summed E-state index contributed by atoms with van der Waals surface area (Å²) in [6, 6.07) is 19.9. The Morgan fingerprint density at radius 3 is 2.19 bits per heavy atom. The fourth-order valence-corrected chi connectivity index (χ4v) is 6.07. The van der Waals surface area contributed by atoms with Crippen LogP contribution in [0.15, 0.2) is 76.1 Å². The van der Waals surface area contributed by atoms with Crippen molar-refractivity contribution in [2.24, 2.45) is 0 Å². The van der Waals surface area contributed by atoms with Crippen molar-refractivity contribution in [2.75, 3.05) is 6.54 Å². The maximum atomic E-state index is 13.4. The molecule has 0 aliphatic rings. The molecule has 32 heavy (non-hydrogen) atoms. The Morgan fingerprint density at radius 2 is 1.62 bits per heavy atom. The molecule has 170 valence electrons. The van der Waals surface area contributed by atoms with Gasteiger partial charge in [0.2, 0.25) is 15.9 Å². The van der Waals surface area contributed by atoms with Crippen molar-refractivity contribution in [3.05, 3.63) is 86.5 Å². The first kappa shape index (κ1) is 24.6. The average molecular weight is 536 g/mol. The zero-order valence-corrected chi connectivity index (χ0v) is 21.6. The van der Waals surface area contributed by atoms with Gasteiger partial charge in [-0.2, -0.15) is 4.31 Å². The number of sulfonamides is 1. The van der Waals surface area contributed by atoms with E-state index >= 15 is 0 Å². The molecular formula is C24H27BrN2O3S2. The SMILES string of the molecule is Cc1ccc(CN(Cc2ccccc2)C(=O)CN(C(C)C)S(=O)(=O)c2ccc(Br)cc2)s1. The third-order valence-corrected chi connectivity index (χ3v) is 8.55. The molecule has 0 fully saturated rings. The van der Waals surface area contributed by atoms with Crippen LogP contribution in [0, 0.1) is 6.92 Å². The predicted octanol–water partition coefficient (Wildman–Crippen LogP) is 5.45. The highest BCUT2D eigenvalue weighted by atomic mass is 79.9. The lowest BCUT2D eigenvalue weighted by atomic mass is 10.2. The summed E-state index contributed by atoms with van der Waals surface area (Å²) in [5, 5.41) is 0. The summed E-state index contributed by atoms with van der Waals surface area (Å²) in [7, 11) is -3.82. The smallest absolute Gasteiger partial charge is 0.243 e. The zero-order valence-electron chi connectivity index (χ0n) is 18.4. The summed E-state index contributed by atoms with van der Waals surface area (Å²) in [6.07, 6.45) is 0. The van der Waals surface area contributed by atoms with Gasteiger partial charge in [-0.1, -0.05) is 46.3 Å². The van der Waals surface area contributed by atoms with Crippen LogP contribution in [-0.2, 0) is 27.9 Å². The van der Waals surface area contributed by atoms with Crippen LogP contribution in [0.1, 0.15) is 29.2 Å². The molecule has 0 aliphatic carbocycles. The summed E-state index contributed by atoms with van der Waals surface area (Å²) in [6.45, 7) is 6.25. The molecule has 5 nitrogen and oxygen atoms in total. The normalized spacial score (nSPS) is 11.8. The van der Waals surface area contributed by atoms with E-state index in [4.69, 9.17) is 0 Å². The Morgan fingerprint density at radius 1 is 0.969 bits per heavy atom. The van der Waals surface area contributed by atoms with Gasteiger partial charge in [0.1, 0.15) is 0 Å². The molecule has 1 heterocycles. The minimum absolute atomic E-state index is 0.172. The summed E-state index contributed by atoms with van der Waals surface area (Å²) in [5.41, 5.74) is 1.00. The number of aryl methyl sites for hydroxylation is 1. The molecule has 1 amide bonds. The Bertz CT molecular complexity index is 1140. The third kappa shape index (κ3) is 6.28. The lowest BCUT2D eigenvalue weighted by molar-refractivity contribution is -0.132. The van der Waals surface area contributed by atoms with Crippen LogP contribution in [0.25, 0.3) is 0 Å². The maximum absolute atomic E-state index is 13.4. The highest BCUT2D eigenvalue weighted by Crippen LogP contribution is 2.23. The van der Waals surface area contributed by atoms with Crippen LogP contribution in [0.3, 0.4) is 0 Å². The van der Waals surface area contributed by atoms with Crippen LogP contribution < -0.4 is 0 Å². The number of carbonyl (C=O) groups excluding carboxylic acids is 1. The van der Waals surface area contributed by atoms with Crippen LogP contribution in [-0.4, -0.2) is 36.1 Å². The Balaban J connectivity index is 1.86. The summed E-state index contributed by atoms with van der Waals surface area (Å²) < 4.78 is 28.7. The maximum Gasteiger partial charge on any atom is 0.243 e. The molecule has 0 saturated carbocycles. The van der Waals surface area contributed by atoms with Crippen molar-refractivity contribution in [1.82, 2.24) is 9.21 Å². The van der Waals surface area contributed by atoms with Crippen LogP contribution in [0.5, 0.6) is 0 Å². The summed E-state index contributed by atoms with van der Waals surface area (Å²) in [4.78, 5) is 17.6. The van der Waals surface area contributed by atoms with Crippen LogP contribution in [0.4, 0.5) is 0 Å². The van der Waals surface area contributed by atoms with Gasteiger partial charge in [0.25, 0.3) is 0 Å². The molecule has 3 aromatic rings. The van der Waals surface area contributed by atoms with Gasteiger partial charge in [0.05, 0.1) is 18.0 Å². The van der Waals surface area contributed by atoms with Crippen molar-refractivity contribution in [3.63, 3.8) is 0 Å². The first-order chi connectivity index (χ1) is 15.2. The number of nitrogens with zero attached hydrogens (tertiary/aromatic N) is 2. The quantitative estimate of drug-likeness (QED) is 0.366. The molecule has 2 aromatic carbocycles. The van der Waals surface area contributed by atoms with Crippen LogP contribution >= 0.6 is 27.3 Å². The lowest BCUT2D eigenvalue weighted by Crippen LogP contribution is -2.45. The molecule has 8 heteroatoms. The van der Waals surface area contributed by atoms with E-state index in [-0.39, 0.29) is 23.4 Å². The van der Waals surface area contributed by atoms with Crippen molar-refractivity contribution >= 4 is 43.2 Å². The van der Waals surface area contributed by atoms with E-state index in [9.17, 15) is 13.2 Å². The van der Waals surface area contributed by atoms with Gasteiger partial charge in [-0.25, -0.2) is 8.42 Å². The number of amides is 1. The van der Waals surface area contributed by atoms with Gasteiger partial charge < -0.3 is 4.90 Å². The molecule has 0 saturated heterocycles. The highest BCUT2D eigenvalue weighted by Gasteiger charge is 2.31. The number of benzene rings is 2. The van der Waals surface area contributed by atoms with E-state index in [2.05, 4.69) is 15.9 Å². The first-order valence-corrected chi connectivity index (χ1v) is 13.4. The second kappa shape index (κ2) is 10.7. The number of hydrogen-bond donors (Lipinski definition) is 0. The van der Waals surface area contributed by atoms with E-state index in [0.717, 1.165) is 14.9 Å². The van der Waals surface area contributed by atoms with E-state index in [1.165, 1.54) is 9.18 Å². The predicted molar refractivity (Wildman–Crippen MR) is 133 cm³/mol. The van der Waals surface area contributed by atoms with Gasteiger partial charge in [-0.3, -0.25) is 4.79 Å². The molecule has 0 spiro atoms. The molecule has 0 N–H and O–H groups in total. The van der Waals surface area contributed by atoms with E-state index in [0.29, 0.717) is 13.1 Å². The first-order valence-electron chi connectivity index (χ1n) is 10.3. The lowest BCUT2D eigenvalue weighted by Gasteiger charge is -2.29. The average Bonchev–Trinajstić information content (AvgIpc) is 3.16. The standard InChI is InChI=1S/C24H27BrN2O3S2/c1-18(2)27(32(29,30)23-13-10-21(25)11-14-23)17-24(28)26(15-20-7-5-4-6-8-20)16-22-12-9-19(3)31-22/h4-14,18H,15-17H2,1-3H3. The molecule has 0 radical (unpaired) electrons. The van der Waals surface area contributed by atoms with Crippen molar-refractivity contribution in [1.29, 1.82) is 0 Å². The van der Waals surface area contributed by atoms with Gasteiger partial charge >= 0.3 is 0 Å². The van der Waals surface area contributed by atoms with Gasteiger partial charge in [-0.15, -0.1) is 11.3 Å². The number of thiophene rings is 1. The molecule has 0 unspecified atom stereocenters. The molecular weight excluding hydrogens is 508 g/mol. The van der Waals surface area contributed by atoms with Crippen molar-refractivity contribution in [2.45, 2.75) is 44.8 Å². The van der Waals surface area contributed by atoms with Crippen LogP contribution in [0.2, 0.25) is 0 Å². The van der Waals surface area contributed by atoms with Crippen molar-refractivity contribution < 1.29 is 13.2 Å². The second-order valence-corrected chi connectivity index (χ2v) is 12.0. The number of carbonyl (C=O) groups is 1. The molecule has 1 aromatic heterocycles. The Labute approximate surface area is 202 Å². The van der Waals surface area contributed by atoms with Gasteiger partial charge in [0.15, 0.2) is 0 Å². The topological polar surface area (TPSA) is 57.7 Å². The Hall–Kier alpha value is -2.00. The molecule has 0 aliphatic heterocycles. The van der Waals surface area contributed by atoms with Gasteiger partial charge in [-0.05, 0) is 62.7 Å². The number of hydrogen-bond acceptors (Lipinski definition) is 4. The second-order valence-electron chi connectivity index (χ2n) is 7.85. The zero-order chi connectivity index (χ0) is 23.3. The minimum Gasteiger partial charge on any atom is -0.332 e. The third-order valence-electron chi connectivity index (χ3n) is 5.00. The van der Waals surface area contributed by atoms with Crippen molar-refractivity contribution in [3.8, 4) is 0 Å². The number of rotatable bonds is 9. The number of halogens is 1. The Kier molecular flexibility index (Phi) is 8.27. The molecule has 3 rings (SSSR count). The summed E-state index contributed by atoms with van der Waals surface area (Å²) >= 11 is 4.98. The van der Waals surface area contributed by atoms with E-state index in [1.54, 1.807) is 54.3 Å². The fraction of sp³-hybridized carbons (Fsp3) is 0.292. The monoisotopic (exact) mass is 534 g/mol. The fourth-order valence-electron chi connectivity index (χ4n) is 3.31. The minimum atomic E-state index is -3.82. The highest BCUT2D eigenvalue weighted by molar-refractivity contribution is 9.10. The van der Waals surface area contributed by atoms with E-state index in [1.807, 2.05) is 49.4 Å². The van der Waals surface area contributed by atoms with E-state index < -0.39 is 10.0 Å². The summed E-state index contributed by atoms with van der Waals surface area (Å²) in [5.74, 6) is -0.228. The largest absolute Gasteiger partial charge is 0.332 e. The molecule has 0 bridgehead atoms. The molecule has 0 atom stereocenters. The van der Waals surface area contributed by atoms with Gasteiger partial charge in [0, 0.05) is 26.8 Å².